The molecule has 0 saturated carbocycles. The number of methoxy groups -OCH3 is 4. The predicted octanol–water partition coefficient (Wildman–Crippen LogP) is 3.59. The summed E-state index contributed by atoms with van der Waals surface area (Å²) in [5.74, 6) is 3.55. The van der Waals surface area contributed by atoms with Crippen LogP contribution in [-0.4, -0.2) is 40.9 Å². The van der Waals surface area contributed by atoms with Crippen LogP contribution in [0.25, 0.3) is 0 Å². The highest BCUT2D eigenvalue weighted by atomic mass is 127. The molecule has 160 valence electrons. The summed E-state index contributed by atoms with van der Waals surface area (Å²) in [6.07, 6.45) is 0. The second-order valence-corrected chi connectivity index (χ2v) is 5.87. The molecule has 0 aliphatic carbocycles. The fourth-order valence-electron chi connectivity index (χ4n) is 2.76. The van der Waals surface area contributed by atoms with Crippen LogP contribution in [0.3, 0.4) is 0 Å². The summed E-state index contributed by atoms with van der Waals surface area (Å²) >= 11 is 0. The number of halogens is 1. The molecule has 0 aliphatic rings. The number of nitrogens with zero attached hydrogens (tertiary/aromatic N) is 1. The summed E-state index contributed by atoms with van der Waals surface area (Å²) in [7, 11) is 6.52. The minimum Gasteiger partial charge on any atom is -0.496 e. The van der Waals surface area contributed by atoms with Crippen LogP contribution in [0, 0.1) is 0 Å². The summed E-state index contributed by atoms with van der Waals surface area (Å²) in [5.41, 5.74) is 1.90. The van der Waals surface area contributed by atoms with Gasteiger partial charge in [0.2, 0.25) is 0 Å². The lowest BCUT2D eigenvalue weighted by molar-refractivity contribution is 0.368. The standard InChI is InChI=1S/C21H29N3O4.HI/c1-6-22-21(23-13-15-9-7-8-10-18(15)26-3)24-14-17-19(27-4)11-16(25-2)12-20(17)28-5;/h7-12H,6,13-14H2,1-5H3,(H2,22,23,24);1H. The van der Waals surface area contributed by atoms with Gasteiger partial charge in [-0.2, -0.15) is 0 Å². The first kappa shape index (κ1) is 24.7. The number of para-hydroxylation sites is 1. The molecule has 0 heterocycles. The number of hydrogen-bond donors (Lipinski definition) is 2. The highest BCUT2D eigenvalue weighted by molar-refractivity contribution is 14.0. The summed E-state index contributed by atoms with van der Waals surface area (Å²) in [5, 5.41) is 6.58. The topological polar surface area (TPSA) is 73.3 Å². The van der Waals surface area contributed by atoms with Crippen molar-refractivity contribution in [1.29, 1.82) is 0 Å². The van der Waals surface area contributed by atoms with Crippen molar-refractivity contribution in [2.75, 3.05) is 35.0 Å². The number of rotatable bonds is 9. The Morgan fingerprint density at radius 1 is 0.862 bits per heavy atom. The van der Waals surface area contributed by atoms with Crippen LogP contribution in [0.4, 0.5) is 0 Å². The molecule has 0 saturated heterocycles. The molecule has 2 rings (SSSR count). The lowest BCUT2D eigenvalue weighted by Gasteiger charge is -2.17. The molecule has 0 fully saturated rings. The van der Waals surface area contributed by atoms with E-state index >= 15 is 0 Å². The highest BCUT2D eigenvalue weighted by Crippen LogP contribution is 2.33. The third-order valence-electron chi connectivity index (χ3n) is 4.19. The molecule has 0 aromatic heterocycles. The third kappa shape index (κ3) is 6.88. The Morgan fingerprint density at radius 2 is 1.48 bits per heavy atom. The first-order valence-electron chi connectivity index (χ1n) is 9.09. The quantitative estimate of drug-likeness (QED) is 0.302. The summed E-state index contributed by atoms with van der Waals surface area (Å²) in [4.78, 5) is 4.66. The maximum absolute atomic E-state index is 5.51. The molecule has 0 radical (unpaired) electrons. The summed E-state index contributed by atoms with van der Waals surface area (Å²) in [6.45, 7) is 3.74. The molecule has 0 spiro atoms. The fourth-order valence-corrected chi connectivity index (χ4v) is 2.76. The van der Waals surface area contributed by atoms with Crippen LogP contribution < -0.4 is 29.6 Å². The van der Waals surface area contributed by atoms with Crippen LogP contribution in [0.5, 0.6) is 23.0 Å². The minimum absolute atomic E-state index is 0. The van der Waals surface area contributed by atoms with E-state index in [1.807, 2.05) is 43.3 Å². The Morgan fingerprint density at radius 3 is 2.03 bits per heavy atom. The lowest BCUT2D eigenvalue weighted by Crippen LogP contribution is -2.37. The summed E-state index contributed by atoms with van der Waals surface area (Å²) < 4.78 is 21.7. The molecule has 0 bridgehead atoms. The minimum atomic E-state index is 0. The molecule has 29 heavy (non-hydrogen) atoms. The van der Waals surface area contributed by atoms with E-state index in [0.29, 0.717) is 36.3 Å². The number of nitrogens with one attached hydrogen (secondary N) is 2. The molecule has 2 aromatic rings. The van der Waals surface area contributed by atoms with E-state index in [-0.39, 0.29) is 24.0 Å². The predicted molar refractivity (Wildman–Crippen MR) is 126 cm³/mol. The zero-order chi connectivity index (χ0) is 20.4. The molecule has 0 atom stereocenters. The molecule has 2 N–H and O–H groups in total. The first-order chi connectivity index (χ1) is 13.7. The van der Waals surface area contributed by atoms with Crippen molar-refractivity contribution in [3.05, 3.63) is 47.5 Å². The van der Waals surface area contributed by atoms with Gasteiger partial charge in [-0.3, -0.25) is 0 Å². The number of guanidine groups is 1. The number of aliphatic imine (C=N–C) groups is 1. The van der Waals surface area contributed by atoms with Crippen molar-refractivity contribution in [3.8, 4) is 23.0 Å². The van der Waals surface area contributed by atoms with Crippen LogP contribution in [0.15, 0.2) is 41.4 Å². The van der Waals surface area contributed by atoms with Gasteiger partial charge < -0.3 is 29.6 Å². The van der Waals surface area contributed by atoms with Gasteiger partial charge in [0.25, 0.3) is 0 Å². The maximum Gasteiger partial charge on any atom is 0.191 e. The van der Waals surface area contributed by atoms with Crippen molar-refractivity contribution in [2.45, 2.75) is 20.0 Å². The molecule has 0 aliphatic heterocycles. The van der Waals surface area contributed by atoms with Gasteiger partial charge >= 0.3 is 0 Å². The zero-order valence-electron chi connectivity index (χ0n) is 17.6. The van der Waals surface area contributed by atoms with Crippen LogP contribution >= 0.6 is 24.0 Å². The summed E-state index contributed by atoms with van der Waals surface area (Å²) in [6, 6.07) is 11.5. The van der Waals surface area contributed by atoms with Gasteiger partial charge in [-0.05, 0) is 13.0 Å². The van der Waals surface area contributed by atoms with Gasteiger partial charge in [0.1, 0.15) is 23.0 Å². The van der Waals surface area contributed by atoms with Crippen molar-refractivity contribution < 1.29 is 18.9 Å². The average molecular weight is 515 g/mol. The number of ether oxygens (including phenoxy) is 4. The van der Waals surface area contributed by atoms with E-state index in [1.54, 1.807) is 28.4 Å². The second-order valence-electron chi connectivity index (χ2n) is 5.87. The Balaban J connectivity index is 0.00000420. The molecular weight excluding hydrogens is 485 g/mol. The van der Waals surface area contributed by atoms with Gasteiger partial charge in [0, 0.05) is 24.2 Å². The smallest absolute Gasteiger partial charge is 0.191 e. The SMILES string of the molecule is CCNC(=NCc1ccccc1OC)NCc1c(OC)cc(OC)cc1OC.I. The molecular formula is C21H30IN3O4. The average Bonchev–Trinajstić information content (AvgIpc) is 2.75. The van der Waals surface area contributed by atoms with E-state index in [2.05, 4.69) is 15.6 Å². The number of benzene rings is 2. The second kappa shape index (κ2) is 13.0. The van der Waals surface area contributed by atoms with Crippen LogP contribution in [0.2, 0.25) is 0 Å². The third-order valence-corrected chi connectivity index (χ3v) is 4.19. The molecule has 0 unspecified atom stereocenters. The Hall–Kier alpha value is -2.36. The monoisotopic (exact) mass is 515 g/mol. The molecule has 0 amide bonds. The first-order valence-corrected chi connectivity index (χ1v) is 9.09. The fraction of sp³-hybridized carbons (Fsp3) is 0.381. The van der Waals surface area contributed by atoms with Crippen molar-refractivity contribution >= 4 is 29.9 Å². The van der Waals surface area contributed by atoms with E-state index in [0.717, 1.165) is 23.4 Å². The highest BCUT2D eigenvalue weighted by Gasteiger charge is 2.14. The van der Waals surface area contributed by atoms with Gasteiger partial charge in [-0.15, -0.1) is 24.0 Å². The molecule has 2 aromatic carbocycles. The van der Waals surface area contributed by atoms with Crippen LogP contribution in [0.1, 0.15) is 18.1 Å². The maximum atomic E-state index is 5.51. The van der Waals surface area contributed by atoms with Gasteiger partial charge in [-0.25, -0.2) is 4.99 Å². The van der Waals surface area contributed by atoms with E-state index in [1.165, 1.54) is 0 Å². The zero-order valence-corrected chi connectivity index (χ0v) is 19.9. The lowest BCUT2D eigenvalue weighted by atomic mass is 10.1. The van der Waals surface area contributed by atoms with Crippen molar-refractivity contribution in [3.63, 3.8) is 0 Å². The Kier molecular flexibility index (Phi) is 11.0. The Bertz CT molecular complexity index is 774. The molecule has 8 heteroatoms. The number of hydrogen-bond acceptors (Lipinski definition) is 5. The van der Waals surface area contributed by atoms with E-state index in [4.69, 9.17) is 18.9 Å². The Labute approximate surface area is 189 Å². The van der Waals surface area contributed by atoms with E-state index < -0.39 is 0 Å². The van der Waals surface area contributed by atoms with E-state index in [9.17, 15) is 0 Å². The molecule has 7 nitrogen and oxygen atoms in total. The van der Waals surface area contributed by atoms with Crippen molar-refractivity contribution in [1.82, 2.24) is 10.6 Å². The van der Waals surface area contributed by atoms with Gasteiger partial charge in [0.05, 0.1) is 47.1 Å². The van der Waals surface area contributed by atoms with Crippen molar-refractivity contribution in [2.24, 2.45) is 4.99 Å². The van der Waals surface area contributed by atoms with Gasteiger partial charge in [-0.1, -0.05) is 18.2 Å². The van der Waals surface area contributed by atoms with Gasteiger partial charge in [0.15, 0.2) is 5.96 Å². The normalized spacial score (nSPS) is 10.6. The van der Waals surface area contributed by atoms with Crippen LogP contribution in [-0.2, 0) is 13.1 Å². The largest absolute Gasteiger partial charge is 0.496 e.